The first-order valence-corrected chi connectivity index (χ1v) is 6.66. The molecule has 6 heteroatoms. The molecule has 0 unspecified atom stereocenters. The van der Waals surface area contributed by atoms with Gasteiger partial charge in [-0.3, -0.25) is 9.89 Å². The molecule has 0 aliphatic rings. The highest BCUT2D eigenvalue weighted by molar-refractivity contribution is 6.34. The van der Waals surface area contributed by atoms with Gasteiger partial charge in [0.05, 0.1) is 10.7 Å². The molecule has 0 saturated heterocycles. The van der Waals surface area contributed by atoms with Gasteiger partial charge in [0.25, 0.3) is 5.91 Å². The van der Waals surface area contributed by atoms with Crippen molar-refractivity contribution in [3.8, 4) is 0 Å². The molecule has 1 aromatic carbocycles. The molecule has 0 bridgehead atoms. The van der Waals surface area contributed by atoms with Crippen LogP contribution in [0.2, 0.25) is 5.02 Å². The molecule has 1 heterocycles. The van der Waals surface area contributed by atoms with Crippen molar-refractivity contribution in [3.63, 3.8) is 0 Å². The molecule has 106 valence electrons. The fraction of sp³-hybridized carbons (Fsp3) is 0.357. The van der Waals surface area contributed by atoms with E-state index in [0.29, 0.717) is 16.5 Å². The Morgan fingerprint density at radius 3 is 2.60 bits per heavy atom. The normalized spacial score (nSPS) is 11.4. The molecular weight excluding hydrogens is 276 g/mol. The van der Waals surface area contributed by atoms with Crippen LogP contribution in [0.1, 0.15) is 42.8 Å². The number of carbonyl (C=O) groups excluding carboxylic acids is 1. The van der Waals surface area contributed by atoms with Crippen molar-refractivity contribution in [1.29, 1.82) is 0 Å². The third-order valence-electron chi connectivity index (χ3n) is 2.86. The van der Waals surface area contributed by atoms with Crippen molar-refractivity contribution >= 4 is 23.2 Å². The lowest BCUT2D eigenvalue weighted by atomic mass is 9.96. The number of aromatic nitrogens is 3. The SMILES string of the molecule is Cc1cccc(Cl)c1NC(=O)c1n[nH]c(C(C)(C)C)n1. The number of halogens is 1. The zero-order chi connectivity index (χ0) is 14.9. The molecule has 5 nitrogen and oxygen atoms in total. The van der Waals surface area contributed by atoms with Gasteiger partial charge in [0.2, 0.25) is 5.82 Å². The van der Waals surface area contributed by atoms with E-state index in [2.05, 4.69) is 20.5 Å². The highest BCUT2D eigenvalue weighted by atomic mass is 35.5. The molecule has 0 fully saturated rings. The molecule has 2 N–H and O–H groups in total. The summed E-state index contributed by atoms with van der Waals surface area (Å²) in [5.41, 5.74) is 1.28. The number of hydrogen-bond donors (Lipinski definition) is 2. The van der Waals surface area contributed by atoms with Gasteiger partial charge in [0.15, 0.2) is 0 Å². The second-order valence-electron chi connectivity index (χ2n) is 5.64. The van der Waals surface area contributed by atoms with Gasteiger partial charge in [-0.2, -0.15) is 0 Å². The molecule has 1 aromatic heterocycles. The lowest BCUT2D eigenvalue weighted by Crippen LogP contribution is -2.16. The molecule has 0 aliphatic heterocycles. The number of H-pyrrole nitrogens is 1. The number of rotatable bonds is 2. The molecule has 0 atom stereocenters. The first-order chi connectivity index (χ1) is 9.29. The van der Waals surface area contributed by atoms with E-state index in [9.17, 15) is 4.79 Å². The van der Waals surface area contributed by atoms with Gasteiger partial charge in [0, 0.05) is 5.41 Å². The number of amides is 1. The maximum Gasteiger partial charge on any atom is 0.295 e. The number of nitrogens with one attached hydrogen (secondary N) is 2. The van der Waals surface area contributed by atoms with Crippen LogP contribution in [0.5, 0.6) is 0 Å². The Balaban J connectivity index is 2.23. The van der Waals surface area contributed by atoms with Gasteiger partial charge >= 0.3 is 0 Å². The van der Waals surface area contributed by atoms with Gasteiger partial charge in [-0.05, 0) is 18.6 Å². The maximum absolute atomic E-state index is 12.1. The van der Waals surface area contributed by atoms with Crippen LogP contribution in [-0.4, -0.2) is 21.1 Å². The predicted molar refractivity (Wildman–Crippen MR) is 79.2 cm³/mol. The van der Waals surface area contributed by atoms with Crippen molar-refractivity contribution in [3.05, 3.63) is 40.4 Å². The van der Waals surface area contributed by atoms with Crippen LogP contribution in [0, 0.1) is 6.92 Å². The van der Waals surface area contributed by atoms with Crippen molar-refractivity contribution in [1.82, 2.24) is 15.2 Å². The minimum atomic E-state index is -0.382. The monoisotopic (exact) mass is 292 g/mol. The van der Waals surface area contributed by atoms with Gasteiger partial charge in [-0.1, -0.05) is 44.5 Å². The Bertz CT molecular complexity index is 623. The lowest BCUT2D eigenvalue weighted by molar-refractivity contribution is 0.101. The quantitative estimate of drug-likeness (QED) is 0.892. The summed E-state index contributed by atoms with van der Waals surface area (Å²) >= 11 is 6.08. The average Bonchev–Trinajstić information content (AvgIpc) is 2.83. The molecule has 2 aromatic rings. The van der Waals surface area contributed by atoms with Gasteiger partial charge < -0.3 is 5.32 Å². The smallest absolute Gasteiger partial charge is 0.295 e. The Morgan fingerprint density at radius 2 is 2.05 bits per heavy atom. The molecule has 20 heavy (non-hydrogen) atoms. The molecule has 1 amide bonds. The fourth-order valence-electron chi connectivity index (χ4n) is 1.66. The van der Waals surface area contributed by atoms with Crippen LogP contribution in [0.3, 0.4) is 0 Å². The van der Waals surface area contributed by atoms with E-state index in [-0.39, 0.29) is 17.1 Å². The molecule has 0 saturated carbocycles. The standard InChI is InChI=1S/C14H17ClN4O/c1-8-6-5-7-9(15)10(8)16-12(20)11-17-13(19-18-11)14(2,3)4/h5-7H,1-4H3,(H,16,20)(H,17,18,19). The topological polar surface area (TPSA) is 70.7 Å². The summed E-state index contributed by atoms with van der Waals surface area (Å²) in [4.78, 5) is 16.4. The summed E-state index contributed by atoms with van der Waals surface area (Å²) in [5, 5.41) is 9.97. The summed E-state index contributed by atoms with van der Waals surface area (Å²) < 4.78 is 0. The second-order valence-corrected chi connectivity index (χ2v) is 6.05. The number of para-hydroxylation sites is 1. The third kappa shape index (κ3) is 2.99. The van der Waals surface area contributed by atoms with Crippen LogP contribution in [-0.2, 0) is 5.41 Å². The molecule has 0 aliphatic carbocycles. The van der Waals surface area contributed by atoms with Crippen molar-refractivity contribution in [2.75, 3.05) is 5.32 Å². The second kappa shape index (κ2) is 5.25. The third-order valence-corrected chi connectivity index (χ3v) is 3.17. The lowest BCUT2D eigenvalue weighted by Gasteiger charge is -2.12. The van der Waals surface area contributed by atoms with E-state index >= 15 is 0 Å². The van der Waals surface area contributed by atoms with E-state index in [0.717, 1.165) is 5.56 Å². The van der Waals surface area contributed by atoms with Gasteiger partial charge in [-0.25, -0.2) is 4.98 Å². The summed E-state index contributed by atoms with van der Waals surface area (Å²) in [6, 6.07) is 5.43. The molecule has 0 radical (unpaired) electrons. The first-order valence-electron chi connectivity index (χ1n) is 6.28. The minimum absolute atomic E-state index is 0.106. The highest BCUT2D eigenvalue weighted by Gasteiger charge is 2.21. The number of aryl methyl sites for hydroxylation is 1. The number of aromatic amines is 1. The van der Waals surface area contributed by atoms with Crippen LogP contribution < -0.4 is 5.32 Å². The number of nitrogens with zero attached hydrogens (tertiary/aromatic N) is 2. The zero-order valence-corrected chi connectivity index (χ0v) is 12.7. The Morgan fingerprint density at radius 1 is 1.35 bits per heavy atom. The number of hydrogen-bond acceptors (Lipinski definition) is 3. The van der Waals surface area contributed by atoms with E-state index in [1.54, 1.807) is 6.07 Å². The van der Waals surface area contributed by atoms with E-state index < -0.39 is 0 Å². The van der Waals surface area contributed by atoms with Crippen LogP contribution in [0.15, 0.2) is 18.2 Å². The van der Waals surface area contributed by atoms with Crippen LogP contribution in [0.25, 0.3) is 0 Å². The summed E-state index contributed by atoms with van der Waals surface area (Å²) in [5.74, 6) is 0.390. The molecule has 0 spiro atoms. The number of anilines is 1. The van der Waals surface area contributed by atoms with Crippen molar-refractivity contribution < 1.29 is 4.79 Å². The minimum Gasteiger partial charge on any atom is -0.318 e. The summed E-state index contributed by atoms with van der Waals surface area (Å²) in [7, 11) is 0. The largest absolute Gasteiger partial charge is 0.318 e. The summed E-state index contributed by atoms with van der Waals surface area (Å²) in [6.07, 6.45) is 0. The number of benzene rings is 1. The van der Waals surface area contributed by atoms with Crippen LogP contribution >= 0.6 is 11.6 Å². The van der Waals surface area contributed by atoms with E-state index in [1.165, 1.54) is 0 Å². The Labute approximate surface area is 122 Å². The van der Waals surface area contributed by atoms with E-state index in [4.69, 9.17) is 11.6 Å². The predicted octanol–water partition coefficient (Wildman–Crippen LogP) is 3.32. The van der Waals surface area contributed by atoms with E-state index in [1.807, 2.05) is 39.8 Å². The fourth-order valence-corrected chi connectivity index (χ4v) is 1.93. The van der Waals surface area contributed by atoms with Gasteiger partial charge in [0.1, 0.15) is 5.82 Å². The average molecular weight is 293 g/mol. The molecule has 2 rings (SSSR count). The van der Waals surface area contributed by atoms with Crippen molar-refractivity contribution in [2.24, 2.45) is 0 Å². The Hall–Kier alpha value is -1.88. The maximum atomic E-state index is 12.1. The highest BCUT2D eigenvalue weighted by Crippen LogP contribution is 2.25. The zero-order valence-electron chi connectivity index (χ0n) is 11.9. The summed E-state index contributed by atoms with van der Waals surface area (Å²) in [6.45, 7) is 7.86. The molecular formula is C14H17ClN4O. The van der Waals surface area contributed by atoms with Crippen molar-refractivity contribution in [2.45, 2.75) is 33.1 Å². The van der Waals surface area contributed by atoms with Crippen LogP contribution in [0.4, 0.5) is 5.69 Å². The van der Waals surface area contributed by atoms with Gasteiger partial charge in [-0.15, -0.1) is 5.10 Å². The Kier molecular flexibility index (Phi) is 3.81. The number of carbonyl (C=O) groups is 1. The first kappa shape index (κ1) is 14.5.